The zero-order chi connectivity index (χ0) is 14.5. The first-order valence-corrected chi connectivity index (χ1v) is 6.89. The second kappa shape index (κ2) is 6.36. The van der Waals surface area contributed by atoms with Crippen LogP contribution in [-0.4, -0.2) is 27.3 Å². The van der Waals surface area contributed by atoms with E-state index < -0.39 is 0 Å². The number of anilines is 1. The molecule has 2 aromatic rings. The molecule has 2 N–H and O–H groups in total. The van der Waals surface area contributed by atoms with Gasteiger partial charge in [-0.05, 0) is 35.9 Å². The average molecular weight is 275 g/mol. The Morgan fingerprint density at radius 3 is 2.90 bits per heavy atom. The third kappa shape index (κ3) is 2.89. The molecule has 2 rings (SSSR count). The Morgan fingerprint density at radius 2 is 2.20 bits per heavy atom. The van der Waals surface area contributed by atoms with Crippen molar-refractivity contribution in [1.29, 1.82) is 0 Å². The lowest BCUT2D eigenvalue weighted by Gasteiger charge is -2.14. The van der Waals surface area contributed by atoms with Gasteiger partial charge in [0.15, 0.2) is 5.82 Å². The number of benzene rings is 1. The molecule has 1 unspecified atom stereocenters. The molecule has 0 saturated heterocycles. The maximum Gasteiger partial charge on any atom is 0.186 e. The van der Waals surface area contributed by atoms with E-state index in [0.29, 0.717) is 17.3 Å². The fourth-order valence-corrected chi connectivity index (χ4v) is 2.18. The summed E-state index contributed by atoms with van der Waals surface area (Å²) in [6, 6.07) is 5.75. The van der Waals surface area contributed by atoms with Crippen LogP contribution >= 0.6 is 0 Å². The number of methoxy groups -OCH3 is 1. The van der Waals surface area contributed by atoms with Gasteiger partial charge in [-0.1, -0.05) is 19.8 Å². The third-order valence-corrected chi connectivity index (χ3v) is 3.35. The molecule has 0 aliphatic heterocycles. The van der Waals surface area contributed by atoms with E-state index in [1.54, 1.807) is 13.2 Å². The number of aromatic nitrogens is 4. The first-order chi connectivity index (χ1) is 9.67. The zero-order valence-corrected chi connectivity index (χ0v) is 12.2. The van der Waals surface area contributed by atoms with E-state index in [2.05, 4.69) is 29.4 Å². The van der Waals surface area contributed by atoms with Gasteiger partial charge in [0.1, 0.15) is 5.75 Å². The Bertz CT molecular complexity index is 566. The first kappa shape index (κ1) is 14.3. The Balaban J connectivity index is 2.36. The van der Waals surface area contributed by atoms with Crippen LogP contribution in [0, 0.1) is 0 Å². The van der Waals surface area contributed by atoms with Gasteiger partial charge in [0.05, 0.1) is 18.7 Å². The predicted octanol–water partition coefficient (Wildman–Crippen LogP) is 2.68. The van der Waals surface area contributed by atoms with Gasteiger partial charge >= 0.3 is 0 Å². The van der Waals surface area contributed by atoms with Crippen LogP contribution in [0.4, 0.5) is 5.69 Å². The first-order valence-electron chi connectivity index (χ1n) is 6.89. The zero-order valence-electron chi connectivity index (χ0n) is 12.2. The number of tetrazole rings is 1. The summed E-state index contributed by atoms with van der Waals surface area (Å²) in [6.45, 7) is 4.30. The van der Waals surface area contributed by atoms with Crippen LogP contribution < -0.4 is 10.5 Å². The summed E-state index contributed by atoms with van der Waals surface area (Å²) in [6.07, 6.45) is 3.36. The lowest BCUT2D eigenvalue weighted by Crippen LogP contribution is -2.09. The van der Waals surface area contributed by atoms with Crippen LogP contribution in [0.5, 0.6) is 5.75 Å². The summed E-state index contributed by atoms with van der Waals surface area (Å²) in [7, 11) is 1.62. The quantitative estimate of drug-likeness (QED) is 0.820. The van der Waals surface area contributed by atoms with Crippen LogP contribution in [0.1, 0.15) is 39.2 Å². The number of hydrogen-bond donors (Lipinski definition) is 1. The minimum absolute atomic E-state index is 0.252. The second-order valence-electron chi connectivity index (χ2n) is 4.90. The Hall–Kier alpha value is -2.11. The van der Waals surface area contributed by atoms with E-state index in [1.807, 2.05) is 16.8 Å². The van der Waals surface area contributed by atoms with Gasteiger partial charge in [0.2, 0.25) is 0 Å². The van der Waals surface area contributed by atoms with Crippen LogP contribution in [0.3, 0.4) is 0 Å². The van der Waals surface area contributed by atoms with Crippen molar-refractivity contribution < 1.29 is 4.74 Å². The van der Waals surface area contributed by atoms with E-state index >= 15 is 0 Å². The van der Waals surface area contributed by atoms with Gasteiger partial charge in [-0.15, -0.1) is 5.10 Å². The van der Waals surface area contributed by atoms with E-state index in [4.69, 9.17) is 10.5 Å². The SMILES string of the molecule is CCCCC(C)n1nnnc1-c1ccc(N)cc1OC. The number of ether oxygens (including phenoxy) is 1. The number of unbranched alkanes of at least 4 members (excludes halogenated alkanes) is 1. The summed E-state index contributed by atoms with van der Waals surface area (Å²) < 4.78 is 7.23. The topological polar surface area (TPSA) is 78.9 Å². The van der Waals surface area contributed by atoms with Crippen molar-refractivity contribution in [2.45, 2.75) is 39.2 Å². The molecule has 0 aliphatic rings. The van der Waals surface area contributed by atoms with Gasteiger partial charge in [0.25, 0.3) is 0 Å². The molecule has 0 aliphatic carbocycles. The number of nitrogens with zero attached hydrogens (tertiary/aromatic N) is 4. The van der Waals surface area contributed by atoms with Gasteiger partial charge in [0, 0.05) is 11.8 Å². The van der Waals surface area contributed by atoms with Crippen LogP contribution in [0.2, 0.25) is 0 Å². The minimum atomic E-state index is 0.252. The second-order valence-corrected chi connectivity index (χ2v) is 4.90. The average Bonchev–Trinajstić information content (AvgIpc) is 2.93. The monoisotopic (exact) mass is 275 g/mol. The Morgan fingerprint density at radius 1 is 1.40 bits per heavy atom. The molecule has 6 heteroatoms. The fourth-order valence-electron chi connectivity index (χ4n) is 2.18. The molecule has 1 atom stereocenters. The molecule has 0 bridgehead atoms. The van der Waals surface area contributed by atoms with E-state index in [0.717, 1.165) is 24.8 Å². The molecule has 0 radical (unpaired) electrons. The summed E-state index contributed by atoms with van der Waals surface area (Å²) >= 11 is 0. The summed E-state index contributed by atoms with van der Waals surface area (Å²) in [5, 5.41) is 12.0. The molecule has 1 heterocycles. The molecular formula is C14H21N5O. The lowest BCUT2D eigenvalue weighted by atomic mass is 10.1. The predicted molar refractivity (Wildman–Crippen MR) is 78.5 cm³/mol. The molecule has 0 fully saturated rings. The highest BCUT2D eigenvalue weighted by Crippen LogP contribution is 2.31. The number of rotatable bonds is 6. The highest BCUT2D eigenvalue weighted by atomic mass is 16.5. The third-order valence-electron chi connectivity index (χ3n) is 3.35. The van der Waals surface area contributed by atoms with Crippen LogP contribution in [0.25, 0.3) is 11.4 Å². The highest BCUT2D eigenvalue weighted by Gasteiger charge is 2.17. The fraction of sp³-hybridized carbons (Fsp3) is 0.500. The normalized spacial score (nSPS) is 12.3. The molecule has 1 aromatic heterocycles. The Labute approximate surface area is 118 Å². The van der Waals surface area contributed by atoms with Crippen molar-refractivity contribution in [1.82, 2.24) is 20.2 Å². The summed E-state index contributed by atoms with van der Waals surface area (Å²) in [5.41, 5.74) is 7.29. The van der Waals surface area contributed by atoms with Crippen molar-refractivity contribution in [3.05, 3.63) is 18.2 Å². The van der Waals surface area contributed by atoms with E-state index in [9.17, 15) is 0 Å². The smallest absolute Gasteiger partial charge is 0.186 e. The number of hydrogen-bond acceptors (Lipinski definition) is 5. The standard InChI is InChI=1S/C14H21N5O/c1-4-5-6-10(2)19-14(16-17-18-19)12-8-7-11(15)9-13(12)20-3/h7-10H,4-6,15H2,1-3H3. The van der Waals surface area contributed by atoms with Crippen molar-refractivity contribution >= 4 is 5.69 Å². The highest BCUT2D eigenvalue weighted by molar-refractivity contribution is 5.67. The van der Waals surface area contributed by atoms with Crippen molar-refractivity contribution in [2.24, 2.45) is 0 Å². The molecule has 0 spiro atoms. The van der Waals surface area contributed by atoms with Crippen molar-refractivity contribution in [2.75, 3.05) is 12.8 Å². The van der Waals surface area contributed by atoms with Gasteiger partial charge in [-0.25, -0.2) is 4.68 Å². The largest absolute Gasteiger partial charge is 0.496 e. The van der Waals surface area contributed by atoms with Crippen LogP contribution in [-0.2, 0) is 0 Å². The molecule has 0 saturated carbocycles. The van der Waals surface area contributed by atoms with Crippen LogP contribution in [0.15, 0.2) is 18.2 Å². The summed E-state index contributed by atoms with van der Waals surface area (Å²) in [5.74, 6) is 1.40. The maximum atomic E-state index is 5.78. The molecular weight excluding hydrogens is 254 g/mol. The van der Waals surface area contributed by atoms with E-state index in [-0.39, 0.29) is 6.04 Å². The maximum absolute atomic E-state index is 5.78. The van der Waals surface area contributed by atoms with Gasteiger partial charge < -0.3 is 10.5 Å². The molecule has 1 aromatic carbocycles. The summed E-state index contributed by atoms with van der Waals surface area (Å²) in [4.78, 5) is 0. The number of nitrogens with two attached hydrogens (primary N) is 1. The van der Waals surface area contributed by atoms with Crippen molar-refractivity contribution in [3.63, 3.8) is 0 Å². The lowest BCUT2D eigenvalue weighted by molar-refractivity contribution is 0.413. The van der Waals surface area contributed by atoms with E-state index in [1.165, 1.54) is 0 Å². The molecule has 0 amide bonds. The Kier molecular flexibility index (Phi) is 4.55. The molecule has 6 nitrogen and oxygen atoms in total. The van der Waals surface area contributed by atoms with Gasteiger partial charge in [-0.3, -0.25) is 0 Å². The van der Waals surface area contributed by atoms with Crippen molar-refractivity contribution in [3.8, 4) is 17.1 Å². The molecule has 20 heavy (non-hydrogen) atoms. The number of nitrogen functional groups attached to an aromatic ring is 1. The molecule has 108 valence electrons. The minimum Gasteiger partial charge on any atom is -0.496 e. The van der Waals surface area contributed by atoms with Gasteiger partial charge in [-0.2, -0.15) is 0 Å².